The molecule has 1 N–H and O–H groups in total. The van der Waals surface area contributed by atoms with Crippen molar-refractivity contribution in [2.24, 2.45) is 0 Å². The van der Waals surface area contributed by atoms with Gasteiger partial charge < -0.3 is 14.8 Å². The summed E-state index contributed by atoms with van der Waals surface area (Å²) in [6.07, 6.45) is 1.05. The molecule has 0 aromatic heterocycles. The molecule has 0 unspecified atom stereocenters. The van der Waals surface area contributed by atoms with Crippen LogP contribution in [0.3, 0.4) is 0 Å². The van der Waals surface area contributed by atoms with Gasteiger partial charge in [0.05, 0.1) is 25.7 Å². The standard InChI is InChI=1S/C18H20ClNO3/c1-22-15-5-3-4-13(10-15)8-9-20-18(21)12-14-6-7-17(23-2)16(19)11-14/h3-7,10-11H,8-9,12H2,1-2H3,(H,20,21). The number of rotatable bonds is 7. The molecule has 5 heteroatoms. The third kappa shape index (κ3) is 5.18. The van der Waals surface area contributed by atoms with Gasteiger partial charge >= 0.3 is 0 Å². The van der Waals surface area contributed by atoms with Crippen LogP contribution in [0.25, 0.3) is 0 Å². The fourth-order valence-electron chi connectivity index (χ4n) is 2.24. The molecule has 2 aromatic rings. The Balaban J connectivity index is 1.82. The minimum Gasteiger partial charge on any atom is -0.497 e. The minimum atomic E-state index is -0.0332. The molecule has 1 amide bonds. The number of carbonyl (C=O) groups is 1. The van der Waals surface area contributed by atoms with Crippen molar-refractivity contribution in [1.82, 2.24) is 5.32 Å². The Bertz CT molecular complexity index is 673. The quantitative estimate of drug-likeness (QED) is 0.846. The van der Waals surface area contributed by atoms with Gasteiger partial charge in [0.2, 0.25) is 5.91 Å². The van der Waals surface area contributed by atoms with Crippen LogP contribution in [0.1, 0.15) is 11.1 Å². The first kappa shape index (κ1) is 17.2. The van der Waals surface area contributed by atoms with E-state index in [2.05, 4.69) is 5.32 Å². The van der Waals surface area contributed by atoms with Gasteiger partial charge in [0.25, 0.3) is 0 Å². The summed E-state index contributed by atoms with van der Waals surface area (Å²) in [5.74, 6) is 1.39. The zero-order chi connectivity index (χ0) is 16.7. The molecule has 0 fully saturated rings. The van der Waals surface area contributed by atoms with E-state index >= 15 is 0 Å². The predicted molar refractivity (Wildman–Crippen MR) is 91.4 cm³/mol. The highest BCUT2D eigenvalue weighted by molar-refractivity contribution is 6.32. The van der Waals surface area contributed by atoms with Crippen molar-refractivity contribution < 1.29 is 14.3 Å². The zero-order valence-electron chi connectivity index (χ0n) is 13.3. The van der Waals surface area contributed by atoms with Gasteiger partial charge in [-0.3, -0.25) is 4.79 Å². The van der Waals surface area contributed by atoms with Crippen LogP contribution >= 0.6 is 11.6 Å². The van der Waals surface area contributed by atoms with Gasteiger partial charge in [-0.15, -0.1) is 0 Å². The summed E-state index contributed by atoms with van der Waals surface area (Å²) in [7, 11) is 3.20. The Morgan fingerprint density at radius 1 is 1.09 bits per heavy atom. The van der Waals surface area contributed by atoms with Crippen LogP contribution in [-0.4, -0.2) is 26.7 Å². The minimum absolute atomic E-state index is 0.0332. The summed E-state index contributed by atoms with van der Waals surface area (Å²) in [6, 6.07) is 13.2. The molecule has 0 saturated carbocycles. The number of methoxy groups -OCH3 is 2. The summed E-state index contributed by atoms with van der Waals surface area (Å²) < 4.78 is 10.3. The van der Waals surface area contributed by atoms with Gasteiger partial charge in [-0.2, -0.15) is 0 Å². The Hall–Kier alpha value is -2.20. The van der Waals surface area contributed by atoms with Gasteiger partial charge in [0.1, 0.15) is 11.5 Å². The number of halogens is 1. The summed E-state index contributed by atoms with van der Waals surface area (Å²) >= 11 is 6.06. The van der Waals surface area contributed by atoms with Crippen LogP contribution in [-0.2, 0) is 17.6 Å². The molecule has 0 bridgehead atoms. The number of hydrogen-bond donors (Lipinski definition) is 1. The lowest BCUT2D eigenvalue weighted by Crippen LogP contribution is -2.27. The van der Waals surface area contributed by atoms with Crippen LogP contribution in [0, 0.1) is 0 Å². The number of hydrogen-bond acceptors (Lipinski definition) is 3. The molecule has 122 valence electrons. The molecule has 0 saturated heterocycles. The van der Waals surface area contributed by atoms with Crippen molar-refractivity contribution in [3.05, 3.63) is 58.6 Å². The second kappa shape index (κ2) is 8.44. The maximum absolute atomic E-state index is 12.0. The van der Waals surface area contributed by atoms with E-state index in [1.54, 1.807) is 26.4 Å². The van der Waals surface area contributed by atoms with E-state index in [-0.39, 0.29) is 5.91 Å². The number of carbonyl (C=O) groups excluding carboxylic acids is 1. The third-order valence-electron chi connectivity index (χ3n) is 3.45. The highest BCUT2D eigenvalue weighted by Crippen LogP contribution is 2.25. The molecule has 4 nitrogen and oxygen atoms in total. The van der Waals surface area contributed by atoms with E-state index in [1.807, 2.05) is 30.3 Å². The first-order chi connectivity index (χ1) is 11.1. The van der Waals surface area contributed by atoms with Crippen molar-refractivity contribution in [1.29, 1.82) is 0 Å². The van der Waals surface area contributed by atoms with Crippen LogP contribution in [0.15, 0.2) is 42.5 Å². The van der Waals surface area contributed by atoms with E-state index < -0.39 is 0 Å². The number of nitrogens with one attached hydrogen (secondary N) is 1. The van der Waals surface area contributed by atoms with Crippen LogP contribution in [0.5, 0.6) is 11.5 Å². The Labute approximate surface area is 141 Å². The van der Waals surface area contributed by atoms with Crippen molar-refractivity contribution in [3.8, 4) is 11.5 Å². The highest BCUT2D eigenvalue weighted by atomic mass is 35.5. The van der Waals surface area contributed by atoms with Gasteiger partial charge in [0, 0.05) is 6.54 Å². The van der Waals surface area contributed by atoms with Crippen LogP contribution < -0.4 is 14.8 Å². The molecule has 0 aliphatic carbocycles. The first-order valence-corrected chi connectivity index (χ1v) is 7.72. The second-order valence-corrected chi connectivity index (χ2v) is 5.50. The summed E-state index contributed by atoms with van der Waals surface area (Å²) in [5, 5.41) is 3.42. The Morgan fingerprint density at radius 2 is 1.91 bits per heavy atom. The van der Waals surface area contributed by atoms with Gasteiger partial charge in [-0.05, 0) is 41.8 Å². The normalized spacial score (nSPS) is 10.2. The second-order valence-electron chi connectivity index (χ2n) is 5.10. The van der Waals surface area contributed by atoms with Crippen molar-refractivity contribution in [3.63, 3.8) is 0 Å². The van der Waals surface area contributed by atoms with E-state index in [9.17, 15) is 4.79 Å². The van der Waals surface area contributed by atoms with E-state index in [1.165, 1.54) is 0 Å². The molecule has 0 aliphatic heterocycles. The molecule has 0 atom stereocenters. The molecule has 0 radical (unpaired) electrons. The molecule has 0 spiro atoms. The SMILES string of the molecule is COc1cccc(CCNC(=O)Cc2ccc(OC)c(Cl)c2)c1. The monoisotopic (exact) mass is 333 g/mol. The molecule has 0 heterocycles. The van der Waals surface area contributed by atoms with Crippen molar-refractivity contribution in [2.45, 2.75) is 12.8 Å². The fourth-order valence-corrected chi connectivity index (χ4v) is 2.52. The molecule has 2 aromatic carbocycles. The Morgan fingerprint density at radius 3 is 2.61 bits per heavy atom. The highest BCUT2D eigenvalue weighted by Gasteiger charge is 2.06. The van der Waals surface area contributed by atoms with Gasteiger partial charge in [0.15, 0.2) is 0 Å². The van der Waals surface area contributed by atoms with Gasteiger partial charge in [-0.1, -0.05) is 29.8 Å². The zero-order valence-corrected chi connectivity index (χ0v) is 14.0. The van der Waals surface area contributed by atoms with Crippen LogP contribution in [0.4, 0.5) is 0 Å². The molecular formula is C18H20ClNO3. The number of ether oxygens (including phenoxy) is 2. The fraction of sp³-hybridized carbons (Fsp3) is 0.278. The van der Waals surface area contributed by atoms with E-state index in [4.69, 9.17) is 21.1 Å². The summed E-state index contributed by atoms with van der Waals surface area (Å²) in [4.78, 5) is 12.0. The molecule has 0 aliphatic rings. The number of benzene rings is 2. The topological polar surface area (TPSA) is 47.6 Å². The van der Waals surface area contributed by atoms with Crippen molar-refractivity contribution >= 4 is 17.5 Å². The average molecular weight is 334 g/mol. The third-order valence-corrected chi connectivity index (χ3v) is 3.75. The van der Waals surface area contributed by atoms with Gasteiger partial charge in [-0.25, -0.2) is 0 Å². The smallest absolute Gasteiger partial charge is 0.224 e. The Kier molecular flexibility index (Phi) is 6.29. The van der Waals surface area contributed by atoms with E-state index in [0.717, 1.165) is 23.3 Å². The molecule has 2 rings (SSSR count). The molecular weight excluding hydrogens is 314 g/mol. The maximum Gasteiger partial charge on any atom is 0.224 e. The summed E-state index contributed by atoms with van der Waals surface area (Å²) in [5.41, 5.74) is 1.98. The number of amides is 1. The lowest BCUT2D eigenvalue weighted by molar-refractivity contribution is -0.120. The summed E-state index contributed by atoms with van der Waals surface area (Å²) in [6.45, 7) is 0.579. The largest absolute Gasteiger partial charge is 0.497 e. The first-order valence-electron chi connectivity index (χ1n) is 7.34. The maximum atomic E-state index is 12.0. The lowest BCUT2D eigenvalue weighted by Gasteiger charge is -2.08. The molecule has 23 heavy (non-hydrogen) atoms. The average Bonchev–Trinajstić information content (AvgIpc) is 2.55. The van der Waals surface area contributed by atoms with Crippen molar-refractivity contribution in [2.75, 3.05) is 20.8 Å². The van der Waals surface area contributed by atoms with Crippen LogP contribution in [0.2, 0.25) is 5.02 Å². The predicted octanol–water partition coefficient (Wildman–Crippen LogP) is 3.26. The lowest BCUT2D eigenvalue weighted by atomic mass is 10.1. The van der Waals surface area contributed by atoms with E-state index in [0.29, 0.717) is 23.7 Å².